The smallest absolute Gasteiger partial charge is 0.422 e. The van der Waals surface area contributed by atoms with Crippen LogP contribution in [0.1, 0.15) is 5.56 Å². The van der Waals surface area contributed by atoms with Gasteiger partial charge in [0.15, 0.2) is 13.2 Å². The van der Waals surface area contributed by atoms with Crippen molar-refractivity contribution >= 4 is 39.1 Å². The lowest BCUT2D eigenvalue weighted by Crippen LogP contribution is -2.43. The van der Waals surface area contributed by atoms with E-state index in [0.29, 0.717) is 17.0 Å². The van der Waals surface area contributed by atoms with E-state index in [4.69, 9.17) is 9.47 Å². The zero-order valence-corrected chi connectivity index (χ0v) is 16.8. The molecule has 0 radical (unpaired) electrons. The summed E-state index contributed by atoms with van der Waals surface area (Å²) in [6.07, 6.45) is -4.51. The minimum absolute atomic E-state index is 0.0848. The molecule has 1 N–H and O–H groups in total. The van der Waals surface area contributed by atoms with Crippen molar-refractivity contribution in [3.63, 3.8) is 0 Å². The second-order valence-electron chi connectivity index (χ2n) is 6.33. The highest BCUT2D eigenvalue weighted by Crippen LogP contribution is 2.34. The number of rotatable bonds is 5. The summed E-state index contributed by atoms with van der Waals surface area (Å²) in [6.45, 7) is -0.346. The third kappa shape index (κ3) is 5.41. The molecule has 1 heterocycles. The molecule has 3 rings (SSSR count). The molecule has 0 saturated carbocycles. The lowest BCUT2D eigenvalue weighted by atomic mass is 10.2. The van der Waals surface area contributed by atoms with Crippen LogP contribution < -0.4 is 19.7 Å². The normalized spacial score (nSPS) is 13.6. The largest absolute Gasteiger partial charge is 0.482 e. The maximum atomic E-state index is 12.5. The SMILES string of the molecule is Cc1ccc(NC(=O)CN2C(=O)COc3cc(Br)ccc32)c(OCC(F)(F)F)c1. The predicted molar refractivity (Wildman–Crippen MR) is 103 cm³/mol. The third-order valence-corrected chi connectivity index (χ3v) is 4.46. The number of hydrogen-bond acceptors (Lipinski definition) is 4. The highest BCUT2D eigenvalue weighted by Gasteiger charge is 2.30. The van der Waals surface area contributed by atoms with Crippen LogP contribution in [-0.4, -0.2) is 37.7 Å². The lowest BCUT2D eigenvalue weighted by molar-refractivity contribution is -0.153. The van der Waals surface area contributed by atoms with Crippen LogP contribution in [0.5, 0.6) is 11.5 Å². The highest BCUT2D eigenvalue weighted by atomic mass is 79.9. The zero-order chi connectivity index (χ0) is 21.2. The number of alkyl halides is 3. The summed E-state index contributed by atoms with van der Waals surface area (Å²) >= 11 is 3.31. The zero-order valence-electron chi connectivity index (χ0n) is 15.2. The van der Waals surface area contributed by atoms with Gasteiger partial charge in [0.05, 0.1) is 11.4 Å². The Bertz CT molecular complexity index is 950. The number of amides is 2. The van der Waals surface area contributed by atoms with Gasteiger partial charge in [0, 0.05) is 4.47 Å². The molecule has 0 bridgehead atoms. The molecule has 10 heteroatoms. The second-order valence-corrected chi connectivity index (χ2v) is 7.25. The van der Waals surface area contributed by atoms with E-state index in [0.717, 1.165) is 4.47 Å². The van der Waals surface area contributed by atoms with Gasteiger partial charge in [0.1, 0.15) is 18.0 Å². The molecule has 0 aromatic heterocycles. The highest BCUT2D eigenvalue weighted by molar-refractivity contribution is 9.10. The van der Waals surface area contributed by atoms with E-state index < -0.39 is 24.6 Å². The van der Waals surface area contributed by atoms with Gasteiger partial charge >= 0.3 is 6.18 Å². The Morgan fingerprint density at radius 3 is 2.76 bits per heavy atom. The van der Waals surface area contributed by atoms with Crippen LogP contribution in [0, 0.1) is 6.92 Å². The van der Waals surface area contributed by atoms with Gasteiger partial charge < -0.3 is 14.8 Å². The van der Waals surface area contributed by atoms with Crippen molar-refractivity contribution in [1.29, 1.82) is 0 Å². The van der Waals surface area contributed by atoms with Crippen LogP contribution >= 0.6 is 15.9 Å². The predicted octanol–water partition coefficient (Wildman–Crippen LogP) is 4.06. The summed E-state index contributed by atoms with van der Waals surface area (Å²) in [6, 6.07) is 9.49. The minimum atomic E-state index is -4.51. The van der Waals surface area contributed by atoms with Crippen molar-refractivity contribution in [2.75, 3.05) is 30.0 Å². The number of fused-ring (bicyclic) bond motifs is 1. The molecule has 0 spiro atoms. The van der Waals surface area contributed by atoms with Crippen molar-refractivity contribution in [2.45, 2.75) is 13.1 Å². The number of anilines is 2. The number of benzene rings is 2. The molecule has 29 heavy (non-hydrogen) atoms. The molecule has 1 aliphatic rings. The summed E-state index contributed by atoms with van der Waals surface area (Å²) < 4.78 is 48.4. The molecule has 1 aliphatic heterocycles. The van der Waals surface area contributed by atoms with Gasteiger partial charge in [-0.3, -0.25) is 14.5 Å². The van der Waals surface area contributed by atoms with E-state index in [-0.39, 0.29) is 24.6 Å². The fourth-order valence-corrected chi connectivity index (χ4v) is 3.04. The number of nitrogens with one attached hydrogen (secondary N) is 1. The van der Waals surface area contributed by atoms with Crippen LogP contribution in [-0.2, 0) is 9.59 Å². The van der Waals surface area contributed by atoms with Gasteiger partial charge in [0.2, 0.25) is 5.91 Å². The average molecular weight is 473 g/mol. The first-order valence-corrected chi connectivity index (χ1v) is 9.24. The van der Waals surface area contributed by atoms with Gasteiger partial charge in [-0.25, -0.2) is 0 Å². The van der Waals surface area contributed by atoms with Gasteiger partial charge in [-0.15, -0.1) is 0 Å². The standard InChI is InChI=1S/C19H16BrF3N2O4/c1-11-2-4-13(15(6-11)29-10-19(21,22)23)24-17(26)8-25-14-5-3-12(20)7-16(14)28-9-18(25)27/h2-7H,8-10H2,1H3,(H,24,26). The number of hydrogen-bond donors (Lipinski definition) is 1. The Labute approximate surface area is 172 Å². The van der Waals surface area contributed by atoms with E-state index in [2.05, 4.69) is 21.2 Å². The molecular formula is C19H16BrF3N2O4. The Morgan fingerprint density at radius 1 is 1.28 bits per heavy atom. The van der Waals surface area contributed by atoms with Crippen LogP contribution in [0.4, 0.5) is 24.5 Å². The first-order valence-electron chi connectivity index (χ1n) is 8.45. The van der Waals surface area contributed by atoms with Gasteiger partial charge in [-0.1, -0.05) is 22.0 Å². The van der Waals surface area contributed by atoms with Crippen molar-refractivity contribution in [3.05, 3.63) is 46.4 Å². The molecule has 0 aliphatic carbocycles. The van der Waals surface area contributed by atoms with E-state index in [1.165, 1.54) is 17.0 Å². The van der Waals surface area contributed by atoms with Gasteiger partial charge in [-0.2, -0.15) is 13.2 Å². The molecule has 0 unspecified atom stereocenters. The van der Waals surface area contributed by atoms with Crippen LogP contribution in [0.2, 0.25) is 0 Å². The average Bonchev–Trinajstić information content (AvgIpc) is 2.63. The van der Waals surface area contributed by atoms with Gasteiger partial charge in [0.25, 0.3) is 5.91 Å². The Kier molecular flexibility index (Phi) is 6.02. The van der Waals surface area contributed by atoms with E-state index in [9.17, 15) is 22.8 Å². The molecule has 2 aromatic carbocycles. The quantitative estimate of drug-likeness (QED) is 0.712. The van der Waals surface area contributed by atoms with E-state index in [1.807, 2.05) is 0 Å². The summed E-state index contributed by atoms with van der Waals surface area (Å²) in [5, 5.41) is 2.51. The Balaban J connectivity index is 1.75. The maximum absolute atomic E-state index is 12.5. The number of aryl methyl sites for hydroxylation is 1. The number of carbonyl (C=O) groups excluding carboxylic acids is 2. The van der Waals surface area contributed by atoms with Gasteiger partial charge in [-0.05, 0) is 42.8 Å². The molecule has 0 saturated heterocycles. The fraction of sp³-hybridized carbons (Fsp3) is 0.263. The first kappa shape index (κ1) is 21.0. The van der Waals surface area contributed by atoms with E-state index in [1.54, 1.807) is 31.2 Å². The maximum Gasteiger partial charge on any atom is 0.422 e. The Morgan fingerprint density at radius 2 is 2.03 bits per heavy atom. The lowest BCUT2D eigenvalue weighted by Gasteiger charge is -2.29. The first-order chi connectivity index (χ1) is 13.6. The fourth-order valence-electron chi connectivity index (χ4n) is 2.70. The molecule has 2 amide bonds. The summed E-state index contributed by atoms with van der Waals surface area (Å²) in [7, 11) is 0. The number of carbonyl (C=O) groups is 2. The van der Waals surface area contributed by atoms with Crippen molar-refractivity contribution in [2.24, 2.45) is 0 Å². The van der Waals surface area contributed by atoms with Crippen LogP contribution in [0.25, 0.3) is 0 Å². The topological polar surface area (TPSA) is 67.9 Å². The van der Waals surface area contributed by atoms with Crippen molar-refractivity contribution in [3.8, 4) is 11.5 Å². The Hall–Kier alpha value is -2.75. The molecule has 2 aromatic rings. The third-order valence-electron chi connectivity index (χ3n) is 3.97. The van der Waals surface area contributed by atoms with Crippen molar-refractivity contribution in [1.82, 2.24) is 0 Å². The molecular weight excluding hydrogens is 457 g/mol. The molecule has 0 atom stereocenters. The monoisotopic (exact) mass is 472 g/mol. The number of halogens is 4. The summed E-state index contributed by atoms with van der Waals surface area (Å²) in [4.78, 5) is 26.0. The van der Waals surface area contributed by atoms with Crippen LogP contribution in [0.3, 0.4) is 0 Å². The number of ether oxygens (including phenoxy) is 2. The minimum Gasteiger partial charge on any atom is -0.482 e. The number of nitrogens with zero attached hydrogens (tertiary/aromatic N) is 1. The summed E-state index contributed by atoms with van der Waals surface area (Å²) in [5.74, 6) is -0.660. The molecule has 0 fully saturated rings. The van der Waals surface area contributed by atoms with Crippen molar-refractivity contribution < 1.29 is 32.2 Å². The van der Waals surface area contributed by atoms with Crippen LogP contribution in [0.15, 0.2) is 40.9 Å². The summed E-state index contributed by atoms with van der Waals surface area (Å²) in [5.41, 5.74) is 1.18. The molecule has 154 valence electrons. The molecule has 6 nitrogen and oxygen atoms in total. The second kappa shape index (κ2) is 8.32. The van der Waals surface area contributed by atoms with E-state index >= 15 is 0 Å².